The van der Waals surface area contributed by atoms with Crippen molar-refractivity contribution in [2.45, 2.75) is 39.2 Å². The number of hydrogen-bond donors (Lipinski definition) is 2. The molecule has 0 radical (unpaired) electrons. The second-order valence-corrected chi connectivity index (χ2v) is 2.95. The van der Waals surface area contributed by atoms with E-state index in [4.69, 9.17) is 5.11 Å². The zero-order valence-electron chi connectivity index (χ0n) is 8.58. The van der Waals surface area contributed by atoms with Gasteiger partial charge in [0.25, 0.3) is 0 Å². The molecule has 0 bridgehead atoms. The zero-order valence-corrected chi connectivity index (χ0v) is 8.58. The lowest BCUT2D eigenvalue weighted by Gasteiger charge is -2.15. The summed E-state index contributed by atoms with van der Waals surface area (Å²) in [5.74, 6) is -0.916. The Morgan fingerprint density at radius 3 is 2.50 bits per heavy atom. The van der Waals surface area contributed by atoms with Crippen molar-refractivity contribution < 1.29 is 19.4 Å². The molecule has 0 saturated carbocycles. The van der Waals surface area contributed by atoms with Gasteiger partial charge in [-0.2, -0.15) is 0 Å². The first-order chi connectivity index (χ1) is 6.60. The third kappa shape index (κ3) is 6.28. The van der Waals surface area contributed by atoms with Crippen molar-refractivity contribution in [1.82, 2.24) is 5.32 Å². The van der Waals surface area contributed by atoms with Gasteiger partial charge in [0.15, 0.2) is 0 Å². The lowest BCUT2D eigenvalue weighted by molar-refractivity contribution is -0.137. The number of amides is 1. The van der Waals surface area contributed by atoms with Crippen LogP contribution in [0.3, 0.4) is 0 Å². The van der Waals surface area contributed by atoms with Gasteiger partial charge in [-0.15, -0.1) is 0 Å². The lowest BCUT2D eigenvalue weighted by atomic mass is 10.1. The molecule has 0 saturated heterocycles. The van der Waals surface area contributed by atoms with Gasteiger partial charge in [0, 0.05) is 6.04 Å². The molecule has 5 heteroatoms. The molecule has 5 nitrogen and oxygen atoms in total. The van der Waals surface area contributed by atoms with Crippen LogP contribution >= 0.6 is 0 Å². The van der Waals surface area contributed by atoms with Crippen molar-refractivity contribution in [3.63, 3.8) is 0 Å². The summed E-state index contributed by atoms with van der Waals surface area (Å²) in [5.41, 5.74) is 0. The standard InChI is InChI=1S/C9H17NO4/c1-3-5-7(6-8(11)12)10-9(13)14-4-2/h7H,3-6H2,1-2H3,(H,10,13)(H,11,12). The summed E-state index contributed by atoms with van der Waals surface area (Å²) in [6.45, 7) is 3.92. The van der Waals surface area contributed by atoms with Gasteiger partial charge in [0.2, 0.25) is 0 Å². The van der Waals surface area contributed by atoms with Crippen molar-refractivity contribution in [1.29, 1.82) is 0 Å². The van der Waals surface area contributed by atoms with Gasteiger partial charge in [-0.1, -0.05) is 13.3 Å². The molecule has 0 fully saturated rings. The minimum absolute atomic E-state index is 0.0628. The fraction of sp³-hybridized carbons (Fsp3) is 0.778. The number of rotatable bonds is 6. The predicted octanol–water partition coefficient (Wildman–Crippen LogP) is 1.38. The number of carboxylic acids is 1. The molecule has 1 unspecified atom stereocenters. The van der Waals surface area contributed by atoms with Crippen LogP contribution in [0.2, 0.25) is 0 Å². The van der Waals surface area contributed by atoms with E-state index in [1.165, 1.54) is 0 Å². The van der Waals surface area contributed by atoms with Crippen LogP contribution in [0.4, 0.5) is 4.79 Å². The molecule has 1 amide bonds. The first-order valence-corrected chi connectivity index (χ1v) is 4.75. The molecule has 0 aromatic heterocycles. The van der Waals surface area contributed by atoms with Crippen LogP contribution in [-0.2, 0) is 9.53 Å². The molecule has 0 rings (SSSR count). The van der Waals surface area contributed by atoms with E-state index in [2.05, 4.69) is 10.1 Å². The Labute approximate surface area is 83.4 Å². The van der Waals surface area contributed by atoms with E-state index in [-0.39, 0.29) is 19.1 Å². The predicted molar refractivity (Wildman–Crippen MR) is 51.1 cm³/mol. The van der Waals surface area contributed by atoms with E-state index in [0.717, 1.165) is 6.42 Å². The molecule has 0 aromatic rings. The SMILES string of the molecule is CCCC(CC(=O)O)NC(=O)OCC. The normalized spacial score (nSPS) is 11.9. The summed E-state index contributed by atoms with van der Waals surface area (Å²) in [5, 5.41) is 11.1. The Hall–Kier alpha value is -1.26. The van der Waals surface area contributed by atoms with Crippen molar-refractivity contribution in [3.8, 4) is 0 Å². The second-order valence-electron chi connectivity index (χ2n) is 2.95. The Kier molecular flexibility index (Phi) is 6.53. The highest BCUT2D eigenvalue weighted by molar-refractivity contribution is 5.71. The number of alkyl carbamates (subject to hydrolysis) is 1. The zero-order chi connectivity index (χ0) is 11.0. The van der Waals surface area contributed by atoms with Gasteiger partial charge in [-0.3, -0.25) is 4.79 Å². The number of hydrogen-bond acceptors (Lipinski definition) is 3. The Bertz CT molecular complexity index is 193. The van der Waals surface area contributed by atoms with Crippen LogP contribution in [0.5, 0.6) is 0 Å². The summed E-state index contributed by atoms with van der Waals surface area (Å²) in [4.78, 5) is 21.4. The first-order valence-electron chi connectivity index (χ1n) is 4.75. The maximum Gasteiger partial charge on any atom is 0.407 e. The smallest absolute Gasteiger partial charge is 0.407 e. The Morgan fingerprint density at radius 1 is 1.43 bits per heavy atom. The summed E-state index contributed by atoms with van der Waals surface area (Å²) < 4.78 is 4.66. The number of carbonyl (C=O) groups is 2. The number of aliphatic carboxylic acids is 1. The van der Waals surface area contributed by atoms with Gasteiger partial charge < -0.3 is 15.2 Å². The molecule has 0 aliphatic rings. The summed E-state index contributed by atoms with van der Waals surface area (Å²) in [6.07, 6.45) is 0.856. The maximum absolute atomic E-state index is 11.0. The lowest BCUT2D eigenvalue weighted by Crippen LogP contribution is -2.36. The van der Waals surface area contributed by atoms with Crippen LogP contribution in [-0.4, -0.2) is 29.8 Å². The molecule has 2 N–H and O–H groups in total. The summed E-state index contributed by atoms with van der Waals surface area (Å²) in [6, 6.07) is -0.337. The summed E-state index contributed by atoms with van der Waals surface area (Å²) in [7, 11) is 0. The Morgan fingerprint density at radius 2 is 2.07 bits per heavy atom. The van der Waals surface area contributed by atoms with E-state index in [0.29, 0.717) is 6.42 Å². The van der Waals surface area contributed by atoms with Gasteiger partial charge in [-0.05, 0) is 13.3 Å². The van der Waals surface area contributed by atoms with Crippen molar-refractivity contribution in [2.24, 2.45) is 0 Å². The van der Waals surface area contributed by atoms with Crippen LogP contribution in [0.15, 0.2) is 0 Å². The minimum atomic E-state index is -0.916. The van der Waals surface area contributed by atoms with Gasteiger partial charge in [0.05, 0.1) is 13.0 Å². The molecule has 0 heterocycles. The average molecular weight is 203 g/mol. The number of nitrogens with one attached hydrogen (secondary N) is 1. The molecule has 14 heavy (non-hydrogen) atoms. The van der Waals surface area contributed by atoms with E-state index in [1.807, 2.05) is 6.92 Å². The quantitative estimate of drug-likeness (QED) is 0.683. The highest BCUT2D eigenvalue weighted by Gasteiger charge is 2.15. The average Bonchev–Trinajstić information content (AvgIpc) is 2.03. The fourth-order valence-electron chi connectivity index (χ4n) is 1.12. The maximum atomic E-state index is 11.0. The van der Waals surface area contributed by atoms with Crippen LogP contribution < -0.4 is 5.32 Å². The Balaban J connectivity index is 3.94. The minimum Gasteiger partial charge on any atom is -0.481 e. The van der Waals surface area contributed by atoms with E-state index in [9.17, 15) is 9.59 Å². The number of carbonyl (C=O) groups excluding carboxylic acids is 1. The molecule has 0 aromatic carbocycles. The molecule has 1 atom stereocenters. The highest BCUT2D eigenvalue weighted by atomic mass is 16.5. The van der Waals surface area contributed by atoms with E-state index in [1.54, 1.807) is 6.92 Å². The third-order valence-electron chi connectivity index (χ3n) is 1.66. The highest BCUT2D eigenvalue weighted by Crippen LogP contribution is 2.02. The second kappa shape index (κ2) is 7.17. The van der Waals surface area contributed by atoms with Crippen LogP contribution in [0.1, 0.15) is 33.1 Å². The monoisotopic (exact) mass is 203 g/mol. The molecule has 0 aliphatic carbocycles. The first kappa shape index (κ1) is 12.7. The van der Waals surface area contributed by atoms with Gasteiger partial charge >= 0.3 is 12.1 Å². The van der Waals surface area contributed by atoms with Crippen molar-refractivity contribution in [2.75, 3.05) is 6.61 Å². The van der Waals surface area contributed by atoms with E-state index < -0.39 is 12.1 Å². The molecule has 0 aliphatic heterocycles. The summed E-state index contributed by atoms with van der Waals surface area (Å²) >= 11 is 0. The number of carboxylic acid groups (broad SMARTS) is 1. The van der Waals surface area contributed by atoms with Gasteiger partial charge in [-0.25, -0.2) is 4.79 Å². The van der Waals surface area contributed by atoms with Crippen LogP contribution in [0.25, 0.3) is 0 Å². The third-order valence-corrected chi connectivity index (χ3v) is 1.66. The molecule has 0 spiro atoms. The topological polar surface area (TPSA) is 75.6 Å². The molecular formula is C9H17NO4. The van der Waals surface area contributed by atoms with E-state index >= 15 is 0 Å². The fourth-order valence-corrected chi connectivity index (χ4v) is 1.12. The number of ether oxygens (including phenoxy) is 1. The van der Waals surface area contributed by atoms with Crippen molar-refractivity contribution in [3.05, 3.63) is 0 Å². The molecule has 82 valence electrons. The molecular weight excluding hydrogens is 186 g/mol. The van der Waals surface area contributed by atoms with Crippen LogP contribution in [0, 0.1) is 0 Å². The van der Waals surface area contributed by atoms with Gasteiger partial charge in [0.1, 0.15) is 0 Å². The van der Waals surface area contributed by atoms with Crippen molar-refractivity contribution >= 4 is 12.1 Å². The largest absolute Gasteiger partial charge is 0.481 e.